The van der Waals surface area contributed by atoms with Gasteiger partial charge in [0.15, 0.2) is 5.65 Å². The molecule has 4 rings (SSSR count). The largest absolute Gasteiger partial charge is 0.311 e. The van der Waals surface area contributed by atoms with E-state index in [-0.39, 0.29) is 11.7 Å². The number of nitrogens with zero attached hydrogens (tertiary/aromatic N) is 4. The van der Waals surface area contributed by atoms with Crippen LogP contribution in [0.15, 0.2) is 61.1 Å². The summed E-state index contributed by atoms with van der Waals surface area (Å²) in [5.41, 5.74) is 3.68. The van der Waals surface area contributed by atoms with E-state index in [4.69, 9.17) is 0 Å². The van der Waals surface area contributed by atoms with Crippen molar-refractivity contribution in [1.82, 2.24) is 19.6 Å². The highest BCUT2D eigenvalue weighted by atomic mass is 19.1. The van der Waals surface area contributed by atoms with Crippen molar-refractivity contribution < 1.29 is 9.18 Å². The number of amides is 1. The lowest BCUT2D eigenvalue weighted by Gasteiger charge is -2.06. The van der Waals surface area contributed by atoms with Crippen LogP contribution < -0.4 is 5.32 Å². The van der Waals surface area contributed by atoms with Crippen LogP contribution in [0.2, 0.25) is 0 Å². The maximum atomic E-state index is 13.3. The highest BCUT2D eigenvalue weighted by Crippen LogP contribution is 2.34. The molecule has 0 aliphatic heterocycles. The summed E-state index contributed by atoms with van der Waals surface area (Å²) in [6.07, 6.45) is 5.10. The first-order valence-electron chi connectivity index (χ1n) is 7.95. The van der Waals surface area contributed by atoms with Gasteiger partial charge < -0.3 is 5.32 Å². The minimum absolute atomic E-state index is 0.202. The molecule has 0 spiro atoms. The van der Waals surface area contributed by atoms with E-state index in [2.05, 4.69) is 20.4 Å². The monoisotopic (exact) mass is 347 g/mol. The van der Waals surface area contributed by atoms with Crippen molar-refractivity contribution in [2.75, 3.05) is 5.32 Å². The Kier molecular flexibility index (Phi) is 3.89. The summed E-state index contributed by atoms with van der Waals surface area (Å²) in [4.78, 5) is 19.9. The van der Waals surface area contributed by atoms with Crippen molar-refractivity contribution in [3.63, 3.8) is 0 Å². The predicted octanol–water partition coefficient (Wildman–Crippen LogP) is 3.56. The lowest BCUT2D eigenvalue weighted by molar-refractivity contribution is -0.114. The summed E-state index contributed by atoms with van der Waals surface area (Å²) in [6, 6.07) is 11.5. The number of carbonyl (C=O) groups is 1. The number of rotatable bonds is 3. The second-order valence-electron chi connectivity index (χ2n) is 5.73. The van der Waals surface area contributed by atoms with Crippen molar-refractivity contribution in [1.29, 1.82) is 0 Å². The van der Waals surface area contributed by atoms with Gasteiger partial charge in [0.05, 0.1) is 5.56 Å². The molecule has 3 aromatic heterocycles. The van der Waals surface area contributed by atoms with E-state index in [0.717, 1.165) is 16.7 Å². The van der Waals surface area contributed by atoms with Crippen LogP contribution in [0.1, 0.15) is 6.92 Å². The fraction of sp³-hybridized carbons (Fsp3) is 0.0526. The first kappa shape index (κ1) is 15.9. The van der Waals surface area contributed by atoms with Gasteiger partial charge in [-0.1, -0.05) is 0 Å². The van der Waals surface area contributed by atoms with Crippen molar-refractivity contribution in [2.45, 2.75) is 6.92 Å². The van der Waals surface area contributed by atoms with Crippen LogP contribution in [-0.2, 0) is 4.79 Å². The third kappa shape index (κ3) is 2.90. The normalized spacial score (nSPS) is 10.8. The minimum atomic E-state index is -0.311. The summed E-state index contributed by atoms with van der Waals surface area (Å²) < 4.78 is 15.0. The highest BCUT2D eigenvalue weighted by molar-refractivity contribution is 5.93. The fourth-order valence-electron chi connectivity index (χ4n) is 2.80. The molecular formula is C19H14FN5O. The summed E-state index contributed by atoms with van der Waals surface area (Å²) in [7, 11) is 0. The van der Waals surface area contributed by atoms with Gasteiger partial charge in [-0.05, 0) is 48.0 Å². The second-order valence-corrected chi connectivity index (χ2v) is 5.73. The van der Waals surface area contributed by atoms with Gasteiger partial charge in [-0.15, -0.1) is 0 Å². The van der Waals surface area contributed by atoms with E-state index in [9.17, 15) is 9.18 Å². The van der Waals surface area contributed by atoms with Gasteiger partial charge in [0, 0.05) is 31.1 Å². The molecule has 0 fully saturated rings. The highest BCUT2D eigenvalue weighted by Gasteiger charge is 2.18. The first-order valence-corrected chi connectivity index (χ1v) is 7.95. The predicted molar refractivity (Wildman–Crippen MR) is 95.9 cm³/mol. The standard InChI is InChI=1S/C19H14FN5O/c1-12(26)23-16-11-14(7-9-21-16)17-18(13-3-5-15(20)6-4-13)24-25-10-2-8-22-19(17)25/h2-11H,1H3,(H,21,23,26). The number of pyridine rings is 1. The third-order valence-corrected chi connectivity index (χ3v) is 3.87. The molecule has 1 aromatic carbocycles. The van der Waals surface area contributed by atoms with Crippen LogP contribution in [0.4, 0.5) is 10.2 Å². The number of carbonyl (C=O) groups excluding carboxylic acids is 1. The smallest absolute Gasteiger partial charge is 0.222 e. The van der Waals surface area contributed by atoms with Gasteiger partial charge in [-0.2, -0.15) is 5.10 Å². The van der Waals surface area contributed by atoms with E-state index in [1.54, 1.807) is 47.4 Å². The lowest BCUT2D eigenvalue weighted by Crippen LogP contribution is -2.07. The number of nitrogens with one attached hydrogen (secondary N) is 1. The Balaban J connectivity index is 1.95. The van der Waals surface area contributed by atoms with E-state index in [1.807, 2.05) is 6.07 Å². The fourth-order valence-corrected chi connectivity index (χ4v) is 2.80. The van der Waals surface area contributed by atoms with Crippen molar-refractivity contribution in [2.24, 2.45) is 0 Å². The molecule has 1 amide bonds. The van der Waals surface area contributed by atoms with Gasteiger partial charge >= 0.3 is 0 Å². The molecule has 0 saturated heterocycles. The van der Waals surface area contributed by atoms with Crippen LogP contribution >= 0.6 is 0 Å². The van der Waals surface area contributed by atoms with E-state index in [0.29, 0.717) is 17.2 Å². The van der Waals surface area contributed by atoms with Gasteiger partial charge in [-0.3, -0.25) is 4.79 Å². The Bertz CT molecular complexity index is 1100. The molecule has 3 heterocycles. The van der Waals surface area contributed by atoms with Crippen LogP contribution in [0.25, 0.3) is 28.0 Å². The van der Waals surface area contributed by atoms with E-state index < -0.39 is 0 Å². The third-order valence-electron chi connectivity index (χ3n) is 3.87. The summed E-state index contributed by atoms with van der Waals surface area (Å²) in [5.74, 6) is -0.0734. The molecule has 7 heteroatoms. The zero-order valence-electron chi connectivity index (χ0n) is 13.8. The zero-order valence-corrected chi connectivity index (χ0v) is 13.8. The molecule has 0 aliphatic carbocycles. The number of aromatic nitrogens is 4. The molecule has 26 heavy (non-hydrogen) atoms. The summed E-state index contributed by atoms with van der Waals surface area (Å²) in [6.45, 7) is 1.43. The molecule has 0 saturated carbocycles. The number of halogens is 1. The number of benzene rings is 1. The Morgan fingerprint density at radius 2 is 1.88 bits per heavy atom. The van der Waals surface area contributed by atoms with Crippen molar-refractivity contribution >= 4 is 17.4 Å². The average molecular weight is 347 g/mol. The number of anilines is 1. The molecule has 1 N–H and O–H groups in total. The molecular weight excluding hydrogens is 333 g/mol. The van der Waals surface area contributed by atoms with Crippen molar-refractivity contribution in [3.8, 4) is 22.4 Å². The van der Waals surface area contributed by atoms with Gasteiger partial charge in [-0.25, -0.2) is 18.9 Å². The molecule has 0 aliphatic rings. The molecule has 128 valence electrons. The Morgan fingerprint density at radius 3 is 2.65 bits per heavy atom. The SMILES string of the molecule is CC(=O)Nc1cc(-c2c(-c3ccc(F)cc3)nn3cccnc23)ccn1. The molecule has 4 aromatic rings. The molecule has 0 bridgehead atoms. The average Bonchev–Trinajstić information content (AvgIpc) is 3.01. The van der Waals surface area contributed by atoms with Gasteiger partial charge in [0.2, 0.25) is 5.91 Å². The Labute approximate surface area is 148 Å². The second kappa shape index (κ2) is 6.36. The number of fused-ring (bicyclic) bond motifs is 1. The lowest BCUT2D eigenvalue weighted by atomic mass is 10.0. The summed E-state index contributed by atoms with van der Waals surface area (Å²) >= 11 is 0. The molecule has 0 radical (unpaired) electrons. The number of hydrogen-bond donors (Lipinski definition) is 1. The molecule has 6 nitrogen and oxygen atoms in total. The van der Waals surface area contributed by atoms with Crippen LogP contribution in [-0.4, -0.2) is 25.5 Å². The maximum absolute atomic E-state index is 13.3. The van der Waals surface area contributed by atoms with E-state index in [1.165, 1.54) is 19.1 Å². The molecule has 0 unspecified atom stereocenters. The quantitative estimate of drug-likeness (QED) is 0.615. The molecule has 0 atom stereocenters. The Morgan fingerprint density at radius 1 is 1.08 bits per heavy atom. The number of hydrogen-bond acceptors (Lipinski definition) is 4. The van der Waals surface area contributed by atoms with Crippen molar-refractivity contribution in [3.05, 3.63) is 66.9 Å². The zero-order chi connectivity index (χ0) is 18.1. The van der Waals surface area contributed by atoms with E-state index >= 15 is 0 Å². The van der Waals surface area contributed by atoms with Crippen LogP contribution in [0, 0.1) is 5.82 Å². The topological polar surface area (TPSA) is 72.2 Å². The van der Waals surface area contributed by atoms with Gasteiger partial charge in [0.1, 0.15) is 17.3 Å². The van der Waals surface area contributed by atoms with Crippen LogP contribution in [0.5, 0.6) is 0 Å². The minimum Gasteiger partial charge on any atom is -0.311 e. The van der Waals surface area contributed by atoms with Gasteiger partial charge in [0.25, 0.3) is 0 Å². The van der Waals surface area contributed by atoms with Crippen LogP contribution in [0.3, 0.4) is 0 Å². The maximum Gasteiger partial charge on any atom is 0.222 e. The first-order chi connectivity index (χ1) is 12.6. The Hall–Kier alpha value is -3.61. The summed E-state index contributed by atoms with van der Waals surface area (Å²) in [5, 5.41) is 7.28.